The van der Waals surface area contributed by atoms with Crippen LogP contribution >= 0.6 is 11.3 Å². The summed E-state index contributed by atoms with van der Waals surface area (Å²) in [7, 11) is 0. The van der Waals surface area contributed by atoms with Gasteiger partial charge in [0.05, 0.1) is 5.69 Å². The highest BCUT2D eigenvalue weighted by atomic mass is 32.1. The van der Waals surface area contributed by atoms with Gasteiger partial charge in [-0.2, -0.15) is 0 Å². The predicted molar refractivity (Wildman–Crippen MR) is 66.5 cm³/mol. The maximum Gasteiger partial charge on any atom is 0.347 e. The van der Waals surface area contributed by atoms with Gasteiger partial charge in [0.2, 0.25) is 0 Å². The van der Waals surface area contributed by atoms with Gasteiger partial charge in [-0.3, -0.25) is 4.98 Å². The molecule has 0 aliphatic heterocycles. The Morgan fingerprint density at radius 3 is 2.24 bits per heavy atom. The monoisotopic (exact) mass is 248 g/mol. The number of nitrogens with zero attached hydrogens (tertiary/aromatic N) is 2. The second-order valence-electron chi connectivity index (χ2n) is 3.88. The first-order chi connectivity index (χ1) is 7.97. The Morgan fingerprint density at radius 2 is 1.76 bits per heavy atom. The van der Waals surface area contributed by atoms with E-state index >= 15 is 0 Å². The molecule has 0 unspecified atom stereocenters. The fourth-order valence-corrected chi connectivity index (χ4v) is 2.57. The van der Waals surface area contributed by atoms with Crippen molar-refractivity contribution in [3.63, 3.8) is 0 Å². The normalized spacial score (nSPS) is 10.5. The second kappa shape index (κ2) is 4.25. The molecule has 0 amide bonds. The Kier molecular flexibility index (Phi) is 2.93. The topological polar surface area (TPSA) is 63.1 Å². The van der Waals surface area contributed by atoms with E-state index in [4.69, 9.17) is 5.11 Å². The van der Waals surface area contributed by atoms with Gasteiger partial charge in [0.15, 0.2) is 0 Å². The average molecular weight is 248 g/mol. The molecule has 0 spiro atoms. The zero-order valence-electron chi connectivity index (χ0n) is 9.81. The van der Waals surface area contributed by atoms with Crippen LogP contribution in [0, 0.1) is 20.8 Å². The number of aromatic nitrogens is 2. The summed E-state index contributed by atoms with van der Waals surface area (Å²) in [5.74, 6) is -0.922. The highest BCUT2D eigenvalue weighted by Crippen LogP contribution is 2.28. The molecule has 0 saturated heterocycles. The maximum absolute atomic E-state index is 11.0. The molecule has 0 bridgehead atoms. The van der Waals surface area contributed by atoms with E-state index in [0.29, 0.717) is 10.6 Å². The summed E-state index contributed by atoms with van der Waals surface area (Å²) in [6.45, 7) is 5.54. The van der Waals surface area contributed by atoms with E-state index in [-0.39, 0.29) is 0 Å². The fraction of sp³-hybridized carbons (Fsp3) is 0.250. The molecule has 2 aromatic rings. The molecule has 0 aromatic carbocycles. The SMILES string of the molecule is Cc1cc(-c2nc(C)c(C(=O)O)s2)cc(C)n1. The lowest BCUT2D eigenvalue weighted by Crippen LogP contribution is -1.94. The van der Waals surface area contributed by atoms with Gasteiger partial charge in [0, 0.05) is 17.0 Å². The van der Waals surface area contributed by atoms with E-state index < -0.39 is 5.97 Å². The quantitative estimate of drug-likeness (QED) is 0.887. The highest BCUT2D eigenvalue weighted by Gasteiger charge is 2.15. The van der Waals surface area contributed by atoms with Crippen molar-refractivity contribution in [1.29, 1.82) is 0 Å². The van der Waals surface area contributed by atoms with Gasteiger partial charge >= 0.3 is 5.97 Å². The van der Waals surface area contributed by atoms with Gasteiger partial charge in [0.1, 0.15) is 9.88 Å². The zero-order chi connectivity index (χ0) is 12.6. The number of carbonyl (C=O) groups is 1. The van der Waals surface area contributed by atoms with Gasteiger partial charge < -0.3 is 5.11 Å². The Bertz CT molecular complexity index is 570. The van der Waals surface area contributed by atoms with Crippen LogP contribution < -0.4 is 0 Å². The Balaban J connectivity index is 2.53. The number of rotatable bonds is 2. The minimum absolute atomic E-state index is 0.298. The molecule has 0 aliphatic carbocycles. The summed E-state index contributed by atoms with van der Waals surface area (Å²) >= 11 is 1.20. The lowest BCUT2D eigenvalue weighted by molar-refractivity contribution is 0.0701. The van der Waals surface area contributed by atoms with Crippen molar-refractivity contribution in [3.05, 3.63) is 34.1 Å². The van der Waals surface area contributed by atoms with E-state index in [0.717, 1.165) is 22.0 Å². The van der Waals surface area contributed by atoms with E-state index in [2.05, 4.69) is 9.97 Å². The third-order valence-electron chi connectivity index (χ3n) is 2.32. The van der Waals surface area contributed by atoms with E-state index in [1.807, 2.05) is 26.0 Å². The highest BCUT2D eigenvalue weighted by molar-refractivity contribution is 7.17. The van der Waals surface area contributed by atoms with Crippen LogP contribution in [0.15, 0.2) is 12.1 Å². The molecule has 1 N–H and O–H groups in total. The van der Waals surface area contributed by atoms with Gasteiger partial charge in [-0.25, -0.2) is 9.78 Å². The summed E-state index contributed by atoms with van der Waals surface area (Å²) in [4.78, 5) is 19.8. The third kappa shape index (κ3) is 2.34. The molecular formula is C12H12N2O2S. The lowest BCUT2D eigenvalue weighted by atomic mass is 10.2. The zero-order valence-corrected chi connectivity index (χ0v) is 10.6. The van der Waals surface area contributed by atoms with Crippen molar-refractivity contribution in [2.75, 3.05) is 0 Å². The molecule has 88 valence electrons. The van der Waals surface area contributed by atoms with Crippen LogP contribution in [0.3, 0.4) is 0 Å². The second-order valence-corrected chi connectivity index (χ2v) is 4.88. The molecule has 0 radical (unpaired) electrons. The maximum atomic E-state index is 11.0. The number of hydrogen-bond donors (Lipinski definition) is 1. The van der Waals surface area contributed by atoms with Crippen molar-refractivity contribution in [1.82, 2.24) is 9.97 Å². The van der Waals surface area contributed by atoms with Gasteiger partial charge in [-0.1, -0.05) is 0 Å². The first kappa shape index (κ1) is 11.7. The van der Waals surface area contributed by atoms with Crippen molar-refractivity contribution in [3.8, 4) is 10.6 Å². The fourth-order valence-electron chi connectivity index (χ4n) is 1.68. The summed E-state index contributed by atoms with van der Waals surface area (Å²) in [5, 5.41) is 9.72. The van der Waals surface area contributed by atoms with E-state index in [1.54, 1.807) is 6.92 Å². The third-order valence-corrected chi connectivity index (χ3v) is 3.51. The Morgan fingerprint density at radius 1 is 1.18 bits per heavy atom. The largest absolute Gasteiger partial charge is 0.477 e. The minimum Gasteiger partial charge on any atom is -0.477 e. The van der Waals surface area contributed by atoms with Crippen LogP contribution in [0.5, 0.6) is 0 Å². The number of hydrogen-bond acceptors (Lipinski definition) is 4. The lowest BCUT2D eigenvalue weighted by Gasteiger charge is -2.00. The summed E-state index contributed by atoms with van der Waals surface area (Å²) < 4.78 is 0. The van der Waals surface area contributed by atoms with Crippen LogP contribution in [0.4, 0.5) is 0 Å². The molecule has 5 heteroatoms. The summed E-state index contributed by atoms with van der Waals surface area (Å²) in [6, 6.07) is 3.83. The standard InChI is InChI=1S/C12H12N2O2S/c1-6-4-9(5-7(2)13-6)11-14-8(3)10(17-11)12(15)16/h4-5H,1-3H3,(H,15,16). The number of carboxylic acids is 1. The molecule has 2 aromatic heterocycles. The van der Waals surface area contributed by atoms with Crippen molar-refractivity contribution >= 4 is 17.3 Å². The van der Waals surface area contributed by atoms with Crippen molar-refractivity contribution in [2.24, 2.45) is 0 Å². The Labute approximate surface area is 103 Å². The molecule has 0 aliphatic rings. The number of pyridine rings is 1. The van der Waals surface area contributed by atoms with E-state index in [1.165, 1.54) is 11.3 Å². The number of aryl methyl sites for hydroxylation is 3. The number of aromatic carboxylic acids is 1. The van der Waals surface area contributed by atoms with Crippen LogP contribution in [-0.2, 0) is 0 Å². The van der Waals surface area contributed by atoms with Gasteiger partial charge in [-0.15, -0.1) is 11.3 Å². The number of thiazole rings is 1. The molecule has 0 atom stereocenters. The first-order valence-corrected chi connectivity index (χ1v) is 5.95. The summed E-state index contributed by atoms with van der Waals surface area (Å²) in [5.41, 5.74) is 3.30. The van der Waals surface area contributed by atoms with Crippen LogP contribution in [0.1, 0.15) is 26.8 Å². The van der Waals surface area contributed by atoms with E-state index in [9.17, 15) is 4.79 Å². The van der Waals surface area contributed by atoms with Gasteiger partial charge in [0.25, 0.3) is 0 Å². The minimum atomic E-state index is -0.922. The molecule has 0 saturated carbocycles. The Hall–Kier alpha value is -1.75. The number of carboxylic acid groups (broad SMARTS) is 1. The van der Waals surface area contributed by atoms with Crippen LogP contribution in [0.25, 0.3) is 10.6 Å². The predicted octanol–water partition coefficient (Wildman–Crippen LogP) is 2.83. The molecular weight excluding hydrogens is 236 g/mol. The molecule has 2 heterocycles. The van der Waals surface area contributed by atoms with Crippen molar-refractivity contribution in [2.45, 2.75) is 20.8 Å². The molecule has 17 heavy (non-hydrogen) atoms. The van der Waals surface area contributed by atoms with Crippen molar-refractivity contribution < 1.29 is 9.90 Å². The van der Waals surface area contributed by atoms with Crippen LogP contribution in [0.2, 0.25) is 0 Å². The average Bonchev–Trinajstić information content (AvgIpc) is 2.59. The first-order valence-electron chi connectivity index (χ1n) is 5.14. The van der Waals surface area contributed by atoms with Crippen LogP contribution in [-0.4, -0.2) is 21.0 Å². The molecule has 4 nitrogen and oxygen atoms in total. The smallest absolute Gasteiger partial charge is 0.347 e. The summed E-state index contributed by atoms with van der Waals surface area (Å²) in [6.07, 6.45) is 0. The van der Waals surface area contributed by atoms with Gasteiger partial charge in [-0.05, 0) is 32.9 Å². The molecule has 0 fully saturated rings. The molecule has 2 rings (SSSR count).